The first-order valence-corrected chi connectivity index (χ1v) is 10.6. The summed E-state index contributed by atoms with van der Waals surface area (Å²) in [4.78, 5) is 28.4. The minimum atomic E-state index is -0.661. The summed E-state index contributed by atoms with van der Waals surface area (Å²) in [5, 5.41) is 2.91. The van der Waals surface area contributed by atoms with Crippen LogP contribution in [0.1, 0.15) is 42.5 Å². The molecule has 1 saturated carbocycles. The zero-order valence-electron chi connectivity index (χ0n) is 16.7. The number of hydrogen-bond donors (Lipinski definition) is 1. The second-order valence-corrected chi connectivity index (χ2v) is 8.33. The van der Waals surface area contributed by atoms with Crippen molar-refractivity contribution in [2.24, 2.45) is 5.92 Å². The Morgan fingerprint density at radius 2 is 1.93 bits per heavy atom. The van der Waals surface area contributed by atoms with Crippen molar-refractivity contribution in [3.8, 4) is 5.75 Å². The number of hydrogen-bond acceptors (Lipinski definition) is 3. The standard InChI is InChI=1S/C23H24ClFN2O3/c1-30-21-9-5-3-7-16(21)23(29)27-19-8-4-2-6-14(19)12-20(27)22(28)26-18-11-10-15(24)13-17(18)25/h3,5,7,9-11,13-14,19-20H,2,4,6,8,12H2,1H3,(H,26,28). The van der Waals surface area contributed by atoms with Gasteiger partial charge in [-0.2, -0.15) is 0 Å². The summed E-state index contributed by atoms with van der Waals surface area (Å²) in [5.74, 6) is -0.464. The summed E-state index contributed by atoms with van der Waals surface area (Å²) in [6.07, 6.45) is 4.55. The van der Waals surface area contributed by atoms with Gasteiger partial charge in [0.05, 0.1) is 18.4 Å². The third-order valence-corrected chi connectivity index (χ3v) is 6.39. The smallest absolute Gasteiger partial charge is 0.258 e. The molecule has 4 rings (SSSR count). The second kappa shape index (κ2) is 8.64. The fourth-order valence-corrected chi connectivity index (χ4v) is 4.91. The number of carbonyl (C=O) groups excluding carboxylic acids is 2. The molecule has 2 aromatic carbocycles. The monoisotopic (exact) mass is 430 g/mol. The normalized spacial score (nSPS) is 23.0. The summed E-state index contributed by atoms with van der Waals surface area (Å²) >= 11 is 5.81. The van der Waals surface area contributed by atoms with E-state index in [0.29, 0.717) is 17.7 Å². The highest BCUT2D eigenvalue weighted by Crippen LogP contribution is 2.41. The van der Waals surface area contributed by atoms with Gasteiger partial charge in [0, 0.05) is 11.1 Å². The van der Waals surface area contributed by atoms with E-state index in [1.807, 2.05) is 0 Å². The van der Waals surface area contributed by atoms with E-state index in [9.17, 15) is 14.0 Å². The maximum atomic E-state index is 14.2. The third-order valence-electron chi connectivity index (χ3n) is 6.15. The molecule has 2 aromatic rings. The summed E-state index contributed by atoms with van der Waals surface area (Å²) in [5.41, 5.74) is 0.491. The molecule has 2 amide bonds. The number of nitrogens with one attached hydrogen (secondary N) is 1. The average Bonchev–Trinajstić information content (AvgIpc) is 3.15. The van der Waals surface area contributed by atoms with Crippen LogP contribution in [0.5, 0.6) is 5.75 Å². The largest absolute Gasteiger partial charge is 0.496 e. The zero-order chi connectivity index (χ0) is 21.3. The van der Waals surface area contributed by atoms with Crippen LogP contribution in [0.3, 0.4) is 0 Å². The lowest BCUT2D eigenvalue weighted by Gasteiger charge is -2.34. The molecule has 0 bridgehead atoms. The van der Waals surface area contributed by atoms with Crippen LogP contribution in [0.25, 0.3) is 0 Å². The molecule has 1 N–H and O–H groups in total. The summed E-state index contributed by atoms with van der Waals surface area (Å²) in [7, 11) is 1.52. The van der Waals surface area contributed by atoms with Gasteiger partial charge in [-0.05, 0) is 55.5 Å². The van der Waals surface area contributed by atoms with E-state index in [1.54, 1.807) is 29.2 Å². The van der Waals surface area contributed by atoms with E-state index in [2.05, 4.69) is 5.32 Å². The number of ether oxygens (including phenoxy) is 1. The summed E-state index contributed by atoms with van der Waals surface area (Å²) < 4.78 is 19.6. The van der Waals surface area contributed by atoms with Crippen molar-refractivity contribution in [2.75, 3.05) is 12.4 Å². The van der Waals surface area contributed by atoms with Crippen LogP contribution in [0.15, 0.2) is 42.5 Å². The number of para-hydroxylation sites is 1. The predicted molar refractivity (Wildman–Crippen MR) is 113 cm³/mol. The van der Waals surface area contributed by atoms with Crippen molar-refractivity contribution >= 4 is 29.1 Å². The first-order chi connectivity index (χ1) is 14.5. The lowest BCUT2D eigenvalue weighted by molar-refractivity contribution is -0.120. The fraction of sp³-hybridized carbons (Fsp3) is 0.391. The molecule has 0 radical (unpaired) electrons. The van der Waals surface area contributed by atoms with Crippen LogP contribution < -0.4 is 10.1 Å². The van der Waals surface area contributed by atoms with Gasteiger partial charge in [-0.15, -0.1) is 0 Å². The summed E-state index contributed by atoms with van der Waals surface area (Å²) in [6, 6.07) is 10.5. The first kappa shape index (κ1) is 20.7. The van der Waals surface area contributed by atoms with Gasteiger partial charge in [0.1, 0.15) is 17.6 Å². The van der Waals surface area contributed by atoms with Gasteiger partial charge in [0.2, 0.25) is 5.91 Å². The predicted octanol–water partition coefficient (Wildman–Crippen LogP) is 4.90. The Balaban J connectivity index is 1.64. The van der Waals surface area contributed by atoms with Crippen molar-refractivity contribution in [2.45, 2.75) is 44.2 Å². The molecular weight excluding hydrogens is 407 g/mol. The minimum absolute atomic E-state index is 0.00183. The van der Waals surface area contributed by atoms with Crippen LogP contribution in [0.4, 0.5) is 10.1 Å². The fourth-order valence-electron chi connectivity index (χ4n) is 4.75. The Hall–Kier alpha value is -2.60. The number of fused-ring (bicyclic) bond motifs is 1. The van der Waals surface area contributed by atoms with Gasteiger partial charge in [-0.1, -0.05) is 36.6 Å². The molecule has 1 aliphatic heterocycles. The molecule has 7 heteroatoms. The molecule has 158 valence electrons. The number of carbonyl (C=O) groups is 2. The molecule has 0 spiro atoms. The Morgan fingerprint density at radius 3 is 2.70 bits per heavy atom. The number of halogens is 2. The quantitative estimate of drug-likeness (QED) is 0.750. The summed E-state index contributed by atoms with van der Waals surface area (Å²) in [6.45, 7) is 0. The van der Waals surface area contributed by atoms with Gasteiger partial charge in [-0.25, -0.2) is 4.39 Å². The molecule has 3 atom stereocenters. The topological polar surface area (TPSA) is 58.6 Å². The van der Waals surface area contributed by atoms with E-state index in [-0.39, 0.29) is 34.5 Å². The number of anilines is 1. The number of likely N-dealkylation sites (tertiary alicyclic amines) is 1. The Bertz CT molecular complexity index is 967. The first-order valence-electron chi connectivity index (χ1n) is 10.2. The number of amides is 2. The van der Waals surface area contributed by atoms with Crippen molar-refractivity contribution < 1.29 is 18.7 Å². The molecule has 5 nitrogen and oxygen atoms in total. The second-order valence-electron chi connectivity index (χ2n) is 7.89. The Labute approximate surface area is 180 Å². The third kappa shape index (κ3) is 3.88. The van der Waals surface area contributed by atoms with Crippen molar-refractivity contribution in [1.82, 2.24) is 4.90 Å². The van der Waals surface area contributed by atoms with E-state index >= 15 is 0 Å². The maximum Gasteiger partial charge on any atom is 0.258 e. The minimum Gasteiger partial charge on any atom is -0.496 e. The van der Waals surface area contributed by atoms with Crippen LogP contribution in [-0.4, -0.2) is 35.9 Å². The Kier molecular flexibility index (Phi) is 5.95. The molecular formula is C23H24ClFN2O3. The van der Waals surface area contributed by atoms with Crippen LogP contribution >= 0.6 is 11.6 Å². The van der Waals surface area contributed by atoms with E-state index in [4.69, 9.17) is 16.3 Å². The van der Waals surface area contributed by atoms with Crippen LogP contribution in [0.2, 0.25) is 5.02 Å². The lowest BCUT2D eigenvalue weighted by Crippen LogP contribution is -2.48. The van der Waals surface area contributed by atoms with Crippen molar-refractivity contribution in [3.63, 3.8) is 0 Å². The average molecular weight is 431 g/mol. The number of benzene rings is 2. The number of nitrogens with zero attached hydrogens (tertiary/aromatic N) is 1. The van der Waals surface area contributed by atoms with Crippen LogP contribution in [-0.2, 0) is 4.79 Å². The number of methoxy groups -OCH3 is 1. The molecule has 1 heterocycles. The van der Waals surface area contributed by atoms with E-state index in [1.165, 1.54) is 19.2 Å². The Morgan fingerprint density at radius 1 is 1.17 bits per heavy atom. The van der Waals surface area contributed by atoms with Gasteiger partial charge in [-0.3, -0.25) is 9.59 Å². The van der Waals surface area contributed by atoms with Gasteiger partial charge >= 0.3 is 0 Å². The van der Waals surface area contributed by atoms with Gasteiger partial charge in [0.15, 0.2) is 0 Å². The SMILES string of the molecule is COc1ccccc1C(=O)N1C(C(=O)Nc2ccc(Cl)cc2F)CC2CCCCC21. The molecule has 2 fully saturated rings. The highest BCUT2D eigenvalue weighted by atomic mass is 35.5. The van der Waals surface area contributed by atoms with Gasteiger partial charge in [0.25, 0.3) is 5.91 Å². The molecule has 30 heavy (non-hydrogen) atoms. The van der Waals surface area contributed by atoms with Crippen molar-refractivity contribution in [1.29, 1.82) is 0 Å². The molecule has 0 aromatic heterocycles. The maximum absolute atomic E-state index is 14.2. The van der Waals surface area contributed by atoms with Gasteiger partial charge < -0.3 is 15.0 Å². The zero-order valence-corrected chi connectivity index (χ0v) is 17.5. The highest BCUT2D eigenvalue weighted by molar-refractivity contribution is 6.30. The van der Waals surface area contributed by atoms with E-state index < -0.39 is 11.9 Å². The lowest BCUT2D eigenvalue weighted by atomic mass is 9.84. The molecule has 2 aliphatic rings. The molecule has 3 unspecified atom stereocenters. The molecule has 1 saturated heterocycles. The number of rotatable bonds is 4. The van der Waals surface area contributed by atoms with Crippen LogP contribution in [0, 0.1) is 11.7 Å². The highest BCUT2D eigenvalue weighted by Gasteiger charge is 2.48. The van der Waals surface area contributed by atoms with Crippen molar-refractivity contribution in [3.05, 3.63) is 58.9 Å². The molecule has 1 aliphatic carbocycles. The van der Waals surface area contributed by atoms with E-state index in [0.717, 1.165) is 31.7 Å².